The highest BCUT2D eigenvalue weighted by Crippen LogP contribution is 2.30. The van der Waals surface area contributed by atoms with Crippen molar-refractivity contribution in [3.05, 3.63) is 0 Å². The van der Waals surface area contributed by atoms with Crippen molar-refractivity contribution < 1.29 is 19.6 Å². The maximum absolute atomic E-state index is 11.2. The smallest absolute Gasteiger partial charge is 0.234 e. The molecule has 0 saturated carbocycles. The minimum absolute atomic E-state index is 0. The van der Waals surface area contributed by atoms with Gasteiger partial charge >= 0.3 is 0 Å². The Bertz CT molecular complexity index is 144. The summed E-state index contributed by atoms with van der Waals surface area (Å²) in [4.78, 5) is 20.3. The normalized spacial score (nSPS) is 13.4. The van der Waals surface area contributed by atoms with Crippen LogP contribution in [0.3, 0.4) is 0 Å². The number of carbonyl (C=O) groups excluding carboxylic acids is 1. The number of rotatable bonds is 4. The molecule has 0 bridgehead atoms. The molecule has 0 fully saturated rings. The van der Waals surface area contributed by atoms with E-state index in [-0.39, 0.29) is 11.0 Å². The second-order valence-corrected chi connectivity index (χ2v) is 5.49. The van der Waals surface area contributed by atoms with Gasteiger partial charge in [0.15, 0.2) is 0 Å². The quantitative estimate of drug-likeness (QED) is 0.500. The number of hydrogen-bond donors (Lipinski definition) is 1. The van der Waals surface area contributed by atoms with Crippen LogP contribution in [0.15, 0.2) is 0 Å². The van der Waals surface area contributed by atoms with Crippen LogP contribution in [0.5, 0.6) is 0 Å². The van der Waals surface area contributed by atoms with E-state index in [1.165, 1.54) is 0 Å². The summed E-state index contributed by atoms with van der Waals surface area (Å²) in [7, 11) is 4.47. The van der Waals surface area contributed by atoms with Crippen LogP contribution in [0.25, 0.3) is 0 Å². The van der Waals surface area contributed by atoms with Gasteiger partial charge in [0.25, 0.3) is 0 Å². The van der Waals surface area contributed by atoms with E-state index in [0.29, 0.717) is 17.2 Å². The van der Waals surface area contributed by atoms with Crippen molar-refractivity contribution in [2.24, 2.45) is 0 Å². The molecule has 0 aliphatic heterocycles. The first-order valence-corrected chi connectivity index (χ1v) is 5.14. The Hall–Kier alpha value is -0.0200. The lowest BCUT2D eigenvalue weighted by Crippen LogP contribution is -2.39. The Kier molecular flexibility index (Phi) is 6.76. The first kappa shape index (κ1) is 14.5. The van der Waals surface area contributed by atoms with Gasteiger partial charge in [0.05, 0.1) is 21.1 Å². The van der Waals surface area contributed by atoms with Crippen LogP contribution >= 0.6 is 8.15 Å². The third kappa shape index (κ3) is 6.68. The summed E-state index contributed by atoms with van der Waals surface area (Å²) in [6, 6.07) is 0. The molecule has 3 N–H and O–H groups in total. The average Bonchev–Trinajstić information content (AvgIpc) is 1.82. The van der Waals surface area contributed by atoms with Gasteiger partial charge in [0.2, 0.25) is 5.52 Å². The lowest BCUT2D eigenvalue weighted by atomic mass is 10.5. The van der Waals surface area contributed by atoms with Gasteiger partial charge in [0, 0.05) is 0 Å². The maximum atomic E-state index is 11.2. The fraction of sp³-hybridized carbons (Fsp3) is 0.857. The zero-order chi connectivity index (χ0) is 9.07. The van der Waals surface area contributed by atoms with Crippen molar-refractivity contribution in [1.82, 2.24) is 0 Å². The molecule has 0 aromatic heterocycles. The van der Waals surface area contributed by atoms with Gasteiger partial charge in [-0.05, 0) is 6.16 Å². The van der Waals surface area contributed by atoms with Crippen LogP contribution in [-0.4, -0.2) is 54.2 Å². The molecule has 0 spiro atoms. The summed E-state index contributed by atoms with van der Waals surface area (Å²) < 4.78 is 0.595. The van der Waals surface area contributed by atoms with Crippen molar-refractivity contribution in [2.45, 2.75) is 6.92 Å². The average molecular weight is 196 g/mol. The Labute approximate surface area is 74.9 Å². The summed E-state index contributed by atoms with van der Waals surface area (Å²) in [5, 5.41) is 0. The Morgan fingerprint density at radius 2 is 1.83 bits per heavy atom. The third-order valence-electron chi connectivity index (χ3n) is 1.20. The van der Waals surface area contributed by atoms with E-state index >= 15 is 0 Å². The fourth-order valence-electron chi connectivity index (χ4n) is 0.664. The molecular formula is C7H19NO3P+. The molecule has 0 heterocycles. The molecular weight excluding hydrogens is 177 g/mol. The monoisotopic (exact) mass is 196 g/mol. The molecule has 0 aromatic carbocycles. The van der Waals surface area contributed by atoms with Gasteiger partial charge in [-0.1, -0.05) is 6.92 Å². The second kappa shape index (κ2) is 5.60. The first-order chi connectivity index (χ1) is 4.87. The van der Waals surface area contributed by atoms with E-state index in [0.717, 1.165) is 0 Å². The highest BCUT2D eigenvalue weighted by atomic mass is 31.1. The lowest BCUT2D eigenvalue weighted by Gasteiger charge is -2.23. The van der Waals surface area contributed by atoms with Crippen LogP contribution in [0.2, 0.25) is 0 Å². The number of nitrogens with zero attached hydrogens (tertiary/aromatic N) is 1. The van der Waals surface area contributed by atoms with Crippen LogP contribution in [0.1, 0.15) is 6.92 Å². The second-order valence-electron chi connectivity index (χ2n) is 3.56. The molecule has 4 nitrogen and oxygen atoms in total. The van der Waals surface area contributed by atoms with Crippen LogP contribution in [0, 0.1) is 0 Å². The molecule has 74 valence electrons. The topological polar surface area (TPSA) is 68.8 Å². The number of hydrogen-bond acceptors (Lipinski definition) is 2. The summed E-state index contributed by atoms with van der Waals surface area (Å²) in [5.74, 6) is 0. The molecule has 0 aliphatic carbocycles. The molecule has 0 radical (unpaired) electrons. The van der Waals surface area contributed by atoms with Crippen molar-refractivity contribution in [3.63, 3.8) is 0 Å². The van der Waals surface area contributed by atoms with E-state index in [4.69, 9.17) is 0 Å². The maximum Gasteiger partial charge on any atom is 0.234 e. The van der Waals surface area contributed by atoms with Crippen molar-refractivity contribution in [1.29, 1.82) is 0 Å². The van der Waals surface area contributed by atoms with E-state index in [9.17, 15) is 9.69 Å². The van der Waals surface area contributed by atoms with E-state index < -0.39 is 8.15 Å². The summed E-state index contributed by atoms with van der Waals surface area (Å²) >= 11 is 0. The van der Waals surface area contributed by atoms with Crippen LogP contribution in [0.4, 0.5) is 0 Å². The van der Waals surface area contributed by atoms with Gasteiger partial charge in [-0.15, -0.1) is 0 Å². The minimum atomic E-state index is -1.36. The van der Waals surface area contributed by atoms with Gasteiger partial charge in [-0.2, -0.15) is 0 Å². The minimum Gasteiger partial charge on any atom is -0.412 e. The summed E-state index contributed by atoms with van der Waals surface area (Å²) in [6.07, 6.45) is 0.578. The van der Waals surface area contributed by atoms with Crippen LogP contribution < -0.4 is 0 Å². The zero-order valence-electron chi connectivity index (χ0n) is 8.16. The predicted molar refractivity (Wildman–Crippen MR) is 51.2 cm³/mol. The van der Waals surface area contributed by atoms with Crippen molar-refractivity contribution in [3.8, 4) is 0 Å². The molecule has 1 unspecified atom stereocenters. The number of likely N-dealkylation sites (N-methyl/N-ethyl adjacent to an activating group) is 1. The summed E-state index contributed by atoms with van der Waals surface area (Å²) in [5.41, 5.74) is -0.00463. The van der Waals surface area contributed by atoms with Crippen LogP contribution in [-0.2, 0) is 4.79 Å². The van der Waals surface area contributed by atoms with Gasteiger partial charge < -0.3 is 14.9 Å². The van der Waals surface area contributed by atoms with E-state index in [1.54, 1.807) is 0 Å². The SMILES string of the molecule is CCP(O)C(=O)C[N+](C)(C)C.O. The highest BCUT2D eigenvalue weighted by Gasteiger charge is 2.20. The fourth-order valence-corrected chi connectivity index (χ4v) is 1.60. The van der Waals surface area contributed by atoms with E-state index in [2.05, 4.69) is 0 Å². The zero-order valence-corrected chi connectivity index (χ0v) is 9.06. The molecule has 0 amide bonds. The largest absolute Gasteiger partial charge is 0.412 e. The van der Waals surface area contributed by atoms with Gasteiger partial charge in [-0.25, -0.2) is 0 Å². The van der Waals surface area contributed by atoms with Gasteiger partial charge in [-0.3, -0.25) is 4.79 Å². The Morgan fingerprint density at radius 3 is 2.08 bits per heavy atom. The van der Waals surface area contributed by atoms with Crippen molar-refractivity contribution >= 4 is 13.7 Å². The Morgan fingerprint density at radius 1 is 1.42 bits per heavy atom. The first-order valence-electron chi connectivity index (χ1n) is 3.66. The molecule has 1 atom stereocenters. The highest BCUT2D eigenvalue weighted by molar-refractivity contribution is 7.69. The molecule has 0 aromatic rings. The number of quaternary nitrogens is 1. The number of carbonyl (C=O) groups is 1. The van der Waals surface area contributed by atoms with E-state index in [1.807, 2.05) is 28.1 Å². The third-order valence-corrected chi connectivity index (χ3v) is 2.51. The molecule has 0 aliphatic rings. The van der Waals surface area contributed by atoms with Gasteiger partial charge in [0.1, 0.15) is 14.7 Å². The predicted octanol–water partition coefficient (Wildman–Crippen LogP) is -0.196. The summed E-state index contributed by atoms with van der Waals surface area (Å²) in [6.45, 7) is 2.26. The standard InChI is InChI=1S/C7H17NO2P.H2O/c1-5-11(10)7(9)6-8(2,3)4;/h10H,5-6H2,1-4H3;1H2/q+1;. The molecule has 0 rings (SSSR count). The lowest BCUT2D eigenvalue weighted by molar-refractivity contribution is -0.861. The molecule has 5 heteroatoms. The van der Waals surface area contributed by atoms with Crippen molar-refractivity contribution in [2.75, 3.05) is 33.8 Å². The molecule has 0 saturated heterocycles. The molecule has 12 heavy (non-hydrogen) atoms. The Balaban J connectivity index is 0.